The number of thiazole rings is 1. The van der Waals surface area contributed by atoms with E-state index >= 15 is 0 Å². The van der Waals surface area contributed by atoms with Gasteiger partial charge in [0.05, 0.1) is 18.3 Å². The Morgan fingerprint density at radius 3 is 2.88 bits per heavy atom. The van der Waals surface area contributed by atoms with Gasteiger partial charge in [-0.3, -0.25) is 0 Å². The van der Waals surface area contributed by atoms with Gasteiger partial charge in [0.1, 0.15) is 0 Å². The highest BCUT2D eigenvalue weighted by Gasteiger charge is 2.59. The van der Waals surface area contributed by atoms with Crippen LogP contribution in [-0.2, 0) is 11.3 Å². The third kappa shape index (κ3) is 4.21. The summed E-state index contributed by atoms with van der Waals surface area (Å²) in [5.74, 6) is 1.48. The summed E-state index contributed by atoms with van der Waals surface area (Å²) in [6, 6.07) is 0.413. The summed E-state index contributed by atoms with van der Waals surface area (Å²) in [6.07, 6.45) is 1.53. The second kappa shape index (κ2) is 8.39. The Morgan fingerprint density at radius 1 is 1.48 bits per heavy atom. The molecule has 3 atom stereocenters. The van der Waals surface area contributed by atoms with Crippen molar-refractivity contribution in [3.63, 3.8) is 0 Å². The van der Waals surface area contributed by atoms with Crippen molar-refractivity contribution in [1.82, 2.24) is 15.6 Å². The molecule has 0 spiro atoms. The zero-order chi connectivity index (χ0) is 17.3. The van der Waals surface area contributed by atoms with Gasteiger partial charge in [0.15, 0.2) is 11.1 Å². The zero-order valence-corrected chi connectivity index (χ0v) is 18.9. The van der Waals surface area contributed by atoms with Crippen molar-refractivity contribution in [1.29, 1.82) is 0 Å². The highest BCUT2D eigenvalue weighted by Crippen LogP contribution is 2.52. The Morgan fingerprint density at radius 2 is 2.24 bits per heavy atom. The molecule has 0 amide bonds. The number of rotatable bonds is 5. The molecule has 3 rings (SSSR count). The van der Waals surface area contributed by atoms with E-state index in [0.717, 1.165) is 36.4 Å². The van der Waals surface area contributed by atoms with Gasteiger partial charge in [-0.1, -0.05) is 13.8 Å². The number of ether oxygens (including phenoxy) is 1. The topological polar surface area (TPSA) is 61.8 Å². The Kier molecular flexibility index (Phi) is 6.94. The number of guanidine groups is 1. The molecule has 8 heteroatoms. The third-order valence-corrected chi connectivity index (χ3v) is 6.12. The number of aromatic nitrogens is 1. The van der Waals surface area contributed by atoms with Crippen LogP contribution in [0.2, 0.25) is 0 Å². The molecule has 1 aromatic rings. The summed E-state index contributed by atoms with van der Waals surface area (Å²) in [4.78, 5) is 11.4. The number of nitrogens with one attached hydrogen (secondary N) is 2. The van der Waals surface area contributed by atoms with Crippen LogP contribution < -0.4 is 15.5 Å². The minimum absolute atomic E-state index is 0. The smallest absolute Gasteiger partial charge is 0.191 e. The van der Waals surface area contributed by atoms with E-state index in [9.17, 15) is 0 Å². The van der Waals surface area contributed by atoms with E-state index in [1.165, 1.54) is 0 Å². The van der Waals surface area contributed by atoms with Crippen LogP contribution in [0.4, 0.5) is 5.13 Å². The molecule has 0 bridgehead atoms. The first kappa shape index (κ1) is 20.7. The molecule has 2 N–H and O–H groups in total. The molecule has 0 radical (unpaired) electrons. The van der Waals surface area contributed by atoms with Crippen LogP contribution in [0.3, 0.4) is 0 Å². The Hall–Kier alpha value is -0.610. The number of aliphatic imine (C=N–C) groups is 1. The Balaban J connectivity index is 0.00000225. The van der Waals surface area contributed by atoms with Crippen molar-refractivity contribution in [2.24, 2.45) is 16.3 Å². The molecule has 1 saturated heterocycles. The second-order valence-corrected chi connectivity index (χ2v) is 8.23. The van der Waals surface area contributed by atoms with Gasteiger partial charge in [-0.05, 0) is 13.3 Å². The van der Waals surface area contributed by atoms with Crippen molar-refractivity contribution < 1.29 is 4.74 Å². The molecule has 1 aliphatic heterocycles. The van der Waals surface area contributed by atoms with Crippen LogP contribution in [0.5, 0.6) is 0 Å². The van der Waals surface area contributed by atoms with Crippen molar-refractivity contribution in [2.75, 3.05) is 32.1 Å². The van der Waals surface area contributed by atoms with Crippen LogP contribution >= 0.6 is 35.3 Å². The second-order valence-electron chi connectivity index (χ2n) is 7.40. The maximum absolute atomic E-state index is 5.88. The normalized spacial score (nSPS) is 27.1. The van der Waals surface area contributed by atoms with Crippen LogP contribution in [0.15, 0.2) is 10.4 Å². The van der Waals surface area contributed by atoms with E-state index in [-0.39, 0.29) is 29.4 Å². The van der Waals surface area contributed by atoms with Crippen LogP contribution in [0.25, 0.3) is 0 Å². The molecule has 1 aliphatic carbocycles. The summed E-state index contributed by atoms with van der Waals surface area (Å²) in [7, 11) is 4.02. The van der Waals surface area contributed by atoms with Gasteiger partial charge >= 0.3 is 0 Å². The third-order valence-electron chi connectivity index (χ3n) is 5.06. The number of hydrogen-bond donors (Lipinski definition) is 2. The number of fused-ring (bicyclic) bond motifs is 1. The predicted molar refractivity (Wildman–Crippen MR) is 115 cm³/mol. The van der Waals surface area contributed by atoms with Gasteiger partial charge in [-0.2, -0.15) is 0 Å². The van der Waals surface area contributed by atoms with E-state index < -0.39 is 0 Å². The maximum Gasteiger partial charge on any atom is 0.191 e. The highest BCUT2D eigenvalue weighted by molar-refractivity contribution is 14.0. The highest BCUT2D eigenvalue weighted by atomic mass is 127. The summed E-state index contributed by atoms with van der Waals surface area (Å²) in [6.45, 7) is 8.99. The lowest BCUT2D eigenvalue weighted by Crippen LogP contribution is -2.67. The molecule has 1 aromatic heterocycles. The van der Waals surface area contributed by atoms with E-state index in [1.807, 2.05) is 19.0 Å². The molecular weight excluding hydrogens is 449 g/mol. The van der Waals surface area contributed by atoms with Crippen molar-refractivity contribution in [2.45, 2.75) is 45.9 Å². The summed E-state index contributed by atoms with van der Waals surface area (Å²) < 4.78 is 5.88. The number of nitrogens with zero attached hydrogens (tertiary/aromatic N) is 3. The molecule has 142 valence electrons. The lowest BCUT2D eigenvalue weighted by atomic mass is 9.57. The molecule has 25 heavy (non-hydrogen) atoms. The van der Waals surface area contributed by atoms with Crippen molar-refractivity contribution >= 4 is 46.4 Å². The van der Waals surface area contributed by atoms with E-state index in [2.05, 4.69) is 41.8 Å². The first-order chi connectivity index (χ1) is 11.4. The van der Waals surface area contributed by atoms with Gasteiger partial charge in [0, 0.05) is 50.0 Å². The zero-order valence-electron chi connectivity index (χ0n) is 15.7. The average Bonchev–Trinajstić information content (AvgIpc) is 3.17. The minimum Gasteiger partial charge on any atom is -0.377 e. The van der Waals surface area contributed by atoms with Gasteiger partial charge in [-0.15, -0.1) is 35.3 Å². The molecule has 2 aliphatic rings. The van der Waals surface area contributed by atoms with Gasteiger partial charge < -0.3 is 20.3 Å². The molecule has 2 fully saturated rings. The van der Waals surface area contributed by atoms with E-state index in [0.29, 0.717) is 24.6 Å². The number of anilines is 1. The molecule has 6 nitrogen and oxygen atoms in total. The fourth-order valence-electron chi connectivity index (χ4n) is 3.82. The largest absolute Gasteiger partial charge is 0.377 e. The quantitative estimate of drug-likeness (QED) is 0.387. The first-order valence-electron chi connectivity index (χ1n) is 8.71. The van der Waals surface area contributed by atoms with Crippen molar-refractivity contribution in [3.05, 3.63) is 11.1 Å². The SMILES string of the molecule is CCNC(=NCc1csc(N(C)C)n1)NC1C2CCOC2C1(C)C.I. The average molecular weight is 479 g/mol. The molecule has 1 saturated carbocycles. The summed E-state index contributed by atoms with van der Waals surface area (Å²) in [5.41, 5.74) is 1.16. The predicted octanol–water partition coefficient (Wildman–Crippen LogP) is 2.70. The lowest BCUT2D eigenvalue weighted by molar-refractivity contribution is -0.106. The van der Waals surface area contributed by atoms with Gasteiger partial charge in [0.2, 0.25) is 0 Å². The number of hydrogen-bond acceptors (Lipinski definition) is 5. The standard InChI is InChI=1S/C17H29N5OS.HI/c1-6-18-15(19-9-11-10-24-16(20-11)22(4)5)21-13-12-7-8-23-14(12)17(13,2)3;/h10,12-14H,6-9H2,1-5H3,(H2,18,19,21);1H. The Labute approximate surface area is 171 Å². The maximum atomic E-state index is 5.88. The van der Waals surface area contributed by atoms with E-state index in [4.69, 9.17) is 9.73 Å². The molecular formula is C17H30IN5OS. The first-order valence-corrected chi connectivity index (χ1v) is 9.59. The summed E-state index contributed by atoms with van der Waals surface area (Å²) in [5, 5.41) is 10.1. The van der Waals surface area contributed by atoms with Gasteiger partial charge in [0.25, 0.3) is 0 Å². The fourth-order valence-corrected chi connectivity index (χ4v) is 4.57. The van der Waals surface area contributed by atoms with Crippen LogP contribution in [0.1, 0.15) is 32.9 Å². The molecule has 3 unspecified atom stereocenters. The van der Waals surface area contributed by atoms with E-state index in [1.54, 1.807) is 11.3 Å². The molecule has 0 aromatic carbocycles. The number of halogens is 1. The monoisotopic (exact) mass is 479 g/mol. The Bertz CT molecular complexity index is 604. The van der Waals surface area contributed by atoms with Gasteiger partial charge in [-0.25, -0.2) is 9.98 Å². The minimum atomic E-state index is 0. The molecule has 2 heterocycles. The fraction of sp³-hybridized carbons (Fsp3) is 0.765. The van der Waals surface area contributed by atoms with Crippen molar-refractivity contribution in [3.8, 4) is 0 Å². The lowest BCUT2D eigenvalue weighted by Gasteiger charge is -2.54. The summed E-state index contributed by atoms with van der Waals surface area (Å²) >= 11 is 1.65. The van der Waals surface area contributed by atoms with Crippen LogP contribution in [0, 0.1) is 11.3 Å². The van der Waals surface area contributed by atoms with Crippen LogP contribution in [-0.4, -0.2) is 50.3 Å².